The first kappa shape index (κ1) is 14.1. The Morgan fingerprint density at radius 2 is 2.26 bits per heavy atom. The van der Waals surface area contributed by atoms with Crippen LogP contribution < -0.4 is 0 Å². The van der Waals surface area contributed by atoms with Gasteiger partial charge in [-0.1, -0.05) is 13.8 Å². The molecule has 1 unspecified atom stereocenters. The van der Waals surface area contributed by atoms with E-state index in [0.29, 0.717) is 5.69 Å². The van der Waals surface area contributed by atoms with Crippen LogP contribution in [-0.2, 0) is 0 Å². The molecule has 0 saturated heterocycles. The Balaban J connectivity index is 1.91. The van der Waals surface area contributed by atoms with Gasteiger partial charge in [0.25, 0.3) is 0 Å². The maximum atomic E-state index is 12.8. The maximum Gasteiger partial charge on any atom is 0.185 e. The number of pyridine rings is 1. The number of hydrogen-bond donors (Lipinski definition) is 0. The Hall–Kier alpha value is -1.29. The molecule has 1 saturated carbocycles. The van der Waals surface area contributed by atoms with Crippen LogP contribution in [0.25, 0.3) is 0 Å². The number of nitrogens with zero attached hydrogens (tertiary/aromatic N) is 2. The van der Waals surface area contributed by atoms with Crippen molar-refractivity contribution in [3.63, 3.8) is 0 Å². The van der Waals surface area contributed by atoms with E-state index in [4.69, 9.17) is 0 Å². The van der Waals surface area contributed by atoms with Gasteiger partial charge in [0.1, 0.15) is 11.5 Å². The van der Waals surface area contributed by atoms with Crippen LogP contribution in [-0.4, -0.2) is 35.3 Å². The zero-order chi connectivity index (χ0) is 13.8. The molecule has 104 valence electrons. The predicted molar refractivity (Wildman–Crippen MR) is 72.5 cm³/mol. The van der Waals surface area contributed by atoms with Gasteiger partial charge in [-0.2, -0.15) is 0 Å². The van der Waals surface area contributed by atoms with Crippen LogP contribution in [0.3, 0.4) is 0 Å². The topological polar surface area (TPSA) is 33.2 Å². The lowest BCUT2D eigenvalue weighted by Gasteiger charge is -2.23. The molecule has 1 aromatic rings. The van der Waals surface area contributed by atoms with E-state index in [0.717, 1.165) is 31.7 Å². The first-order valence-corrected chi connectivity index (χ1v) is 6.98. The van der Waals surface area contributed by atoms with Crippen LogP contribution >= 0.6 is 0 Å². The summed E-state index contributed by atoms with van der Waals surface area (Å²) >= 11 is 0. The van der Waals surface area contributed by atoms with E-state index < -0.39 is 5.82 Å². The number of hydrogen-bond acceptors (Lipinski definition) is 3. The maximum absolute atomic E-state index is 12.8. The van der Waals surface area contributed by atoms with Crippen molar-refractivity contribution < 1.29 is 9.18 Å². The average Bonchev–Trinajstić information content (AvgIpc) is 3.22. The number of Topliss-reactive ketones (excluding diaryl/α,β-unsaturated/α-hetero) is 1. The summed E-state index contributed by atoms with van der Waals surface area (Å²) in [7, 11) is 0. The fourth-order valence-electron chi connectivity index (χ4n) is 2.24. The summed E-state index contributed by atoms with van der Waals surface area (Å²) in [6.45, 7) is 6.85. The fraction of sp³-hybridized carbons (Fsp3) is 0.600. The van der Waals surface area contributed by atoms with Gasteiger partial charge in [0.15, 0.2) is 5.78 Å². The molecule has 0 aliphatic heterocycles. The molecule has 0 aromatic carbocycles. The van der Waals surface area contributed by atoms with E-state index in [1.54, 1.807) is 0 Å². The molecule has 0 bridgehead atoms. The third kappa shape index (κ3) is 4.10. The highest BCUT2D eigenvalue weighted by molar-refractivity contribution is 5.95. The molecule has 2 rings (SSSR count). The Kier molecular flexibility index (Phi) is 4.64. The van der Waals surface area contributed by atoms with Crippen molar-refractivity contribution in [2.45, 2.75) is 26.7 Å². The lowest BCUT2D eigenvalue weighted by atomic mass is 10.0. The van der Waals surface area contributed by atoms with Gasteiger partial charge in [-0.05, 0) is 37.4 Å². The molecule has 1 heterocycles. The number of ketones is 1. The van der Waals surface area contributed by atoms with Crippen molar-refractivity contribution in [2.75, 3.05) is 19.6 Å². The second-order valence-corrected chi connectivity index (χ2v) is 5.42. The third-order valence-corrected chi connectivity index (χ3v) is 3.62. The molecule has 1 aliphatic rings. The van der Waals surface area contributed by atoms with Crippen molar-refractivity contribution in [3.05, 3.63) is 29.8 Å². The highest BCUT2D eigenvalue weighted by Crippen LogP contribution is 2.29. The molecular formula is C15H21FN2O. The van der Waals surface area contributed by atoms with Gasteiger partial charge in [-0.25, -0.2) is 4.39 Å². The first-order chi connectivity index (χ1) is 9.10. The van der Waals surface area contributed by atoms with E-state index in [2.05, 4.69) is 16.8 Å². The van der Waals surface area contributed by atoms with E-state index in [1.807, 2.05) is 6.92 Å². The lowest BCUT2D eigenvalue weighted by Crippen LogP contribution is -2.33. The summed E-state index contributed by atoms with van der Waals surface area (Å²) < 4.78 is 12.8. The largest absolute Gasteiger partial charge is 0.303 e. The normalized spacial score (nSPS) is 16.6. The van der Waals surface area contributed by atoms with Crippen LogP contribution in [0.5, 0.6) is 0 Å². The summed E-state index contributed by atoms with van der Waals surface area (Å²) in [6, 6.07) is 2.75. The Bertz CT molecular complexity index is 428. The second-order valence-electron chi connectivity index (χ2n) is 5.42. The van der Waals surface area contributed by atoms with Crippen LogP contribution in [0.4, 0.5) is 4.39 Å². The first-order valence-electron chi connectivity index (χ1n) is 6.98. The zero-order valence-corrected chi connectivity index (χ0v) is 11.6. The Morgan fingerprint density at radius 3 is 2.79 bits per heavy atom. The van der Waals surface area contributed by atoms with Crippen molar-refractivity contribution in [1.29, 1.82) is 0 Å². The highest BCUT2D eigenvalue weighted by Gasteiger charge is 2.26. The lowest BCUT2D eigenvalue weighted by molar-refractivity contribution is 0.0888. The number of carbonyl (C=O) groups is 1. The van der Waals surface area contributed by atoms with E-state index >= 15 is 0 Å². The van der Waals surface area contributed by atoms with E-state index in [-0.39, 0.29) is 11.7 Å². The van der Waals surface area contributed by atoms with Gasteiger partial charge in [-0.3, -0.25) is 9.78 Å². The SMILES string of the molecule is CCN(CC1CC1)CC(C)C(=O)c1ccc(F)cn1. The molecule has 4 heteroatoms. The number of halogens is 1. The van der Waals surface area contributed by atoms with Gasteiger partial charge < -0.3 is 4.90 Å². The van der Waals surface area contributed by atoms with Crippen molar-refractivity contribution >= 4 is 5.78 Å². The average molecular weight is 264 g/mol. The van der Waals surface area contributed by atoms with Crippen LogP contribution in [0.1, 0.15) is 37.2 Å². The Labute approximate surface area is 113 Å². The van der Waals surface area contributed by atoms with Crippen molar-refractivity contribution in [1.82, 2.24) is 9.88 Å². The van der Waals surface area contributed by atoms with Crippen molar-refractivity contribution in [3.8, 4) is 0 Å². The number of aromatic nitrogens is 1. The van der Waals surface area contributed by atoms with Gasteiger partial charge in [0.2, 0.25) is 0 Å². The standard InChI is InChI=1S/C15H21FN2O/c1-3-18(10-12-4-5-12)9-11(2)15(19)14-7-6-13(16)8-17-14/h6-8,11-12H,3-5,9-10H2,1-2H3. The van der Waals surface area contributed by atoms with Gasteiger partial charge in [-0.15, -0.1) is 0 Å². The third-order valence-electron chi connectivity index (χ3n) is 3.62. The molecule has 1 aliphatic carbocycles. The summed E-state index contributed by atoms with van der Waals surface area (Å²) in [6.07, 6.45) is 3.73. The smallest absolute Gasteiger partial charge is 0.185 e. The number of carbonyl (C=O) groups excluding carboxylic acids is 1. The predicted octanol–water partition coefficient (Wildman–Crippen LogP) is 2.77. The molecule has 19 heavy (non-hydrogen) atoms. The zero-order valence-electron chi connectivity index (χ0n) is 11.6. The summed E-state index contributed by atoms with van der Waals surface area (Å²) in [5, 5.41) is 0. The molecule has 0 N–H and O–H groups in total. The van der Waals surface area contributed by atoms with E-state index in [9.17, 15) is 9.18 Å². The second kappa shape index (κ2) is 6.24. The monoisotopic (exact) mass is 264 g/mol. The van der Waals surface area contributed by atoms with Crippen molar-refractivity contribution in [2.24, 2.45) is 11.8 Å². The quantitative estimate of drug-likeness (QED) is 0.710. The molecule has 1 atom stereocenters. The summed E-state index contributed by atoms with van der Waals surface area (Å²) in [5.74, 6) is 0.310. The molecule has 1 fully saturated rings. The van der Waals surface area contributed by atoms with Crippen LogP contribution in [0, 0.1) is 17.7 Å². The number of rotatable bonds is 7. The minimum absolute atomic E-state index is 0.00533. The van der Waals surface area contributed by atoms with Gasteiger partial charge in [0, 0.05) is 19.0 Å². The highest BCUT2D eigenvalue weighted by atomic mass is 19.1. The molecule has 3 nitrogen and oxygen atoms in total. The van der Waals surface area contributed by atoms with E-state index in [1.165, 1.54) is 25.0 Å². The Morgan fingerprint density at radius 1 is 1.53 bits per heavy atom. The molecule has 0 spiro atoms. The molecule has 1 aromatic heterocycles. The van der Waals surface area contributed by atoms with Gasteiger partial charge in [0.05, 0.1) is 6.20 Å². The summed E-state index contributed by atoms with van der Waals surface area (Å²) in [5.41, 5.74) is 0.358. The molecule has 0 radical (unpaired) electrons. The molecular weight excluding hydrogens is 243 g/mol. The van der Waals surface area contributed by atoms with Crippen LogP contribution in [0.15, 0.2) is 18.3 Å². The fourth-order valence-corrected chi connectivity index (χ4v) is 2.24. The minimum atomic E-state index is -0.409. The molecule has 0 amide bonds. The van der Waals surface area contributed by atoms with Crippen LogP contribution in [0.2, 0.25) is 0 Å². The summed E-state index contributed by atoms with van der Waals surface area (Å²) in [4.78, 5) is 18.4. The minimum Gasteiger partial charge on any atom is -0.303 e. The van der Waals surface area contributed by atoms with Gasteiger partial charge >= 0.3 is 0 Å².